The molecule has 1 saturated heterocycles. The van der Waals surface area contributed by atoms with Gasteiger partial charge >= 0.3 is 15.2 Å². The van der Waals surface area contributed by atoms with Crippen molar-refractivity contribution in [1.29, 1.82) is 0 Å². The highest BCUT2D eigenvalue weighted by Crippen LogP contribution is 2.56. The van der Waals surface area contributed by atoms with Gasteiger partial charge in [0.2, 0.25) is 0 Å². The predicted molar refractivity (Wildman–Crippen MR) is 215 cm³/mol. The van der Waals surface area contributed by atoms with Gasteiger partial charge in [0.15, 0.2) is 11.5 Å². The summed E-state index contributed by atoms with van der Waals surface area (Å²) in [6, 6.07) is 0. The van der Waals surface area contributed by atoms with Crippen molar-refractivity contribution in [3.05, 3.63) is 12.7 Å². The van der Waals surface area contributed by atoms with Gasteiger partial charge in [-0.3, -0.25) is 13.7 Å². The highest BCUT2D eigenvalue weighted by molar-refractivity contribution is 7.53. The molecule has 0 aromatic carbocycles. The van der Waals surface area contributed by atoms with E-state index in [1.165, 1.54) is 6.33 Å². The van der Waals surface area contributed by atoms with Gasteiger partial charge in [0.25, 0.3) is 0 Å². The van der Waals surface area contributed by atoms with Crippen LogP contribution in [0, 0.1) is 0 Å². The van der Waals surface area contributed by atoms with Crippen LogP contribution in [0.4, 0.5) is 5.82 Å². The third kappa shape index (κ3) is 15.6. The molecule has 14 heteroatoms. The van der Waals surface area contributed by atoms with E-state index in [1.54, 1.807) is 10.9 Å². The van der Waals surface area contributed by atoms with Gasteiger partial charge < -0.3 is 29.3 Å². The maximum absolute atomic E-state index is 14.2. The van der Waals surface area contributed by atoms with Crippen LogP contribution in [0.3, 0.4) is 0 Å². The molecule has 12 nitrogen and oxygen atoms in total. The Morgan fingerprint density at radius 3 is 1.72 bits per heavy atom. The minimum atomic E-state index is -4.12. The lowest BCUT2D eigenvalue weighted by atomic mass is 10.0. The zero-order chi connectivity index (χ0) is 38.5. The number of hydrogen-bond donors (Lipinski definition) is 3. The molecule has 3 heterocycles. The molecular weight excluding hydrogens is 712 g/mol. The summed E-state index contributed by atoms with van der Waals surface area (Å²) < 4.78 is 48.6. The van der Waals surface area contributed by atoms with E-state index in [0.717, 1.165) is 122 Å². The van der Waals surface area contributed by atoms with E-state index in [2.05, 4.69) is 42.6 Å². The first-order valence-corrected chi connectivity index (χ1v) is 24.4. The van der Waals surface area contributed by atoms with Gasteiger partial charge in [-0.15, -0.1) is 0 Å². The van der Waals surface area contributed by atoms with Crippen LogP contribution in [0.25, 0.3) is 11.2 Å². The minimum absolute atomic E-state index is 0.209. The molecule has 306 valence electrons. The third-order valence-corrected chi connectivity index (χ3v) is 14.8. The molecule has 2 aromatic heterocycles. The monoisotopic (exact) mass is 785 g/mol. The summed E-state index contributed by atoms with van der Waals surface area (Å²) in [5, 5.41) is 0. The van der Waals surface area contributed by atoms with E-state index in [-0.39, 0.29) is 18.8 Å². The van der Waals surface area contributed by atoms with E-state index in [0.29, 0.717) is 36.8 Å². The van der Waals surface area contributed by atoms with Gasteiger partial charge in [0.05, 0.1) is 30.4 Å². The van der Waals surface area contributed by atoms with Gasteiger partial charge in [-0.2, -0.15) is 0 Å². The Kier molecular flexibility index (Phi) is 21.7. The number of aromatic nitrogens is 4. The molecule has 3 rings (SSSR count). The number of hydrogen-bond acceptors (Lipinski definition) is 9. The van der Waals surface area contributed by atoms with Gasteiger partial charge in [-0.25, -0.2) is 15.0 Å². The van der Waals surface area contributed by atoms with Crippen molar-refractivity contribution in [2.45, 2.75) is 212 Å². The highest BCUT2D eigenvalue weighted by atomic mass is 31.2. The van der Waals surface area contributed by atoms with Crippen LogP contribution < -0.4 is 5.73 Å². The van der Waals surface area contributed by atoms with Gasteiger partial charge in [-0.05, 0) is 25.7 Å². The Labute approximate surface area is 320 Å². The number of unbranched alkanes of at least 4 members (excludes halogenated alkanes) is 15. The summed E-state index contributed by atoms with van der Waals surface area (Å²) in [4.78, 5) is 35.9. The molecular formula is C39H73N5O7P2. The van der Waals surface area contributed by atoms with Crippen molar-refractivity contribution in [2.24, 2.45) is 0 Å². The van der Waals surface area contributed by atoms with Gasteiger partial charge in [0, 0.05) is 6.42 Å². The lowest BCUT2D eigenvalue weighted by Crippen LogP contribution is -2.30. The summed E-state index contributed by atoms with van der Waals surface area (Å²) in [6.45, 7) is 8.45. The van der Waals surface area contributed by atoms with Crippen molar-refractivity contribution in [1.82, 2.24) is 19.5 Å². The zero-order valence-corrected chi connectivity index (χ0v) is 35.2. The standard InChI is InChI=1S/C39H73N5O7P2/c1-5-9-13-17-21-24-32(25-22-18-14-10-6-2)52(45,46)49-29-35-34(28-36(50-35)44-31-43-37-38(40)41-30-42-39(37)44)51-53(47,48)33(26-20-16-12-8-4)27-23-19-15-11-7-3/h30-36H,5-29H2,1-4H3,(H,45,46)(H,47,48)(H2,40,41,42)/t33?,34-,35+,36+/m0/s1. The molecule has 0 saturated carbocycles. The predicted octanol–water partition coefficient (Wildman–Crippen LogP) is 11.3. The molecule has 6 atom stereocenters. The first-order valence-electron chi connectivity index (χ1n) is 21.1. The summed E-state index contributed by atoms with van der Waals surface area (Å²) in [5.74, 6) is 0.237. The van der Waals surface area contributed by atoms with Crippen molar-refractivity contribution >= 4 is 32.2 Å². The van der Waals surface area contributed by atoms with Crippen molar-refractivity contribution in [3.63, 3.8) is 0 Å². The fraction of sp³-hybridized carbons (Fsp3) is 0.872. The lowest BCUT2D eigenvalue weighted by Gasteiger charge is -2.28. The molecule has 0 radical (unpaired) electrons. The fourth-order valence-electron chi connectivity index (χ4n) is 7.48. The number of fused-ring (bicyclic) bond motifs is 1. The van der Waals surface area contributed by atoms with E-state index in [1.807, 2.05) is 0 Å². The number of anilines is 1. The molecule has 1 aliphatic rings. The average molecular weight is 786 g/mol. The van der Waals surface area contributed by atoms with Crippen LogP contribution in [0.1, 0.15) is 188 Å². The van der Waals surface area contributed by atoms with E-state index in [9.17, 15) is 18.9 Å². The molecule has 1 fully saturated rings. The summed E-state index contributed by atoms with van der Waals surface area (Å²) in [5.41, 5.74) is 6.00. The second-order valence-electron chi connectivity index (χ2n) is 15.3. The van der Waals surface area contributed by atoms with E-state index < -0.39 is 44.9 Å². The van der Waals surface area contributed by atoms with Crippen LogP contribution in [0.5, 0.6) is 0 Å². The van der Waals surface area contributed by atoms with Crippen molar-refractivity contribution in [3.8, 4) is 0 Å². The number of nitrogen functional groups attached to an aromatic ring is 1. The molecule has 0 spiro atoms. The van der Waals surface area contributed by atoms with E-state index in [4.69, 9.17) is 19.5 Å². The smallest absolute Gasteiger partial charge is 0.331 e. The van der Waals surface area contributed by atoms with Crippen LogP contribution in [0.15, 0.2) is 12.7 Å². The quantitative estimate of drug-likeness (QED) is 0.0490. The number of ether oxygens (including phenoxy) is 1. The first-order chi connectivity index (χ1) is 25.6. The Bertz CT molecular complexity index is 1370. The molecule has 2 aromatic rings. The fourth-order valence-corrected chi connectivity index (χ4v) is 10.9. The van der Waals surface area contributed by atoms with Crippen molar-refractivity contribution < 1.29 is 32.7 Å². The van der Waals surface area contributed by atoms with Crippen LogP contribution in [-0.4, -0.2) is 59.4 Å². The molecule has 3 unspecified atom stereocenters. The summed E-state index contributed by atoms with van der Waals surface area (Å²) in [7, 11) is -8.18. The third-order valence-electron chi connectivity index (χ3n) is 10.8. The Morgan fingerprint density at radius 2 is 1.21 bits per heavy atom. The first kappa shape index (κ1) is 46.0. The van der Waals surface area contributed by atoms with Crippen LogP contribution in [-0.2, 0) is 22.9 Å². The number of rotatable bonds is 31. The highest BCUT2D eigenvalue weighted by Gasteiger charge is 2.45. The van der Waals surface area contributed by atoms with E-state index >= 15 is 0 Å². The topological polar surface area (TPSA) is 172 Å². The Balaban J connectivity index is 1.81. The zero-order valence-electron chi connectivity index (χ0n) is 33.4. The minimum Gasteiger partial charge on any atom is -0.382 e. The van der Waals surface area contributed by atoms with Gasteiger partial charge in [-0.1, -0.05) is 150 Å². The second kappa shape index (κ2) is 25.0. The molecule has 53 heavy (non-hydrogen) atoms. The Morgan fingerprint density at radius 1 is 0.736 bits per heavy atom. The van der Waals surface area contributed by atoms with Crippen molar-refractivity contribution in [2.75, 3.05) is 12.3 Å². The number of imidazole rings is 1. The molecule has 4 N–H and O–H groups in total. The SMILES string of the molecule is CCCCCCCC(CCCCCCC)P(=O)(O)OC[C@H]1O[C@@H](n2cnc3c(N)ncnc32)C[C@@H]1OP(=O)(O)C(CCCCCC)CCCCCCC. The van der Waals surface area contributed by atoms with Gasteiger partial charge in [0.1, 0.15) is 24.2 Å². The van der Waals surface area contributed by atoms with Crippen LogP contribution >= 0.6 is 15.2 Å². The lowest BCUT2D eigenvalue weighted by molar-refractivity contribution is -0.0375. The maximum Gasteiger partial charge on any atom is 0.331 e. The molecule has 1 aliphatic heterocycles. The Hall–Kier alpha value is -1.39. The summed E-state index contributed by atoms with van der Waals surface area (Å²) in [6.07, 6.45) is 23.2. The molecule has 0 amide bonds. The second-order valence-corrected chi connectivity index (χ2v) is 19.5. The average Bonchev–Trinajstić information content (AvgIpc) is 3.74. The maximum atomic E-state index is 14.2. The number of nitrogens with zero attached hydrogens (tertiary/aromatic N) is 4. The number of nitrogens with two attached hydrogens (primary N) is 1. The normalized spacial score (nSPS) is 20.6. The molecule has 0 bridgehead atoms. The summed E-state index contributed by atoms with van der Waals surface area (Å²) >= 11 is 0. The largest absolute Gasteiger partial charge is 0.382 e. The molecule has 0 aliphatic carbocycles. The van der Waals surface area contributed by atoms with Crippen LogP contribution in [0.2, 0.25) is 0 Å².